The van der Waals surface area contributed by atoms with E-state index >= 15 is 0 Å². The molecule has 0 aliphatic heterocycles. The largest absolute Gasteiger partial charge is 0 e. The van der Waals surface area contributed by atoms with Gasteiger partial charge in [0.05, 0.1) is 18.2 Å². The van der Waals surface area contributed by atoms with Gasteiger partial charge in [-0.15, -0.1) is 15.0 Å². The predicted octanol–water partition coefficient (Wildman–Crippen LogP) is 5.93. The van der Waals surface area contributed by atoms with Crippen LogP contribution in [0.2, 0.25) is 0 Å². The molecule has 1 atom stereocenters. The molecule has 161 valence electrons. The Balaban J connectivity index is -0.000000254. The second kappa shape index (κ2) is 20.0. The zero-order chi connectivity index (χ0) is 21.7. The fraction of sp³-hybridized carbons (Fsp3) is 0.471. The molecule has 0 spiro atoms. The van der Waals surface area contributed by atoms with Gasteiger partial charge in [0.2, 0.25) is 0 Å². The number of benzene rings is 1. The molecule has 1 aromatic carbocycles. The summed E-state index contributed by atoms with van der Waals surface area (Å²) in [6.45, 7) is 20.3. The SMILES string of the molecule is C=C=C.CP.C[N-]S(=O)(=O)c1c(C)c(C)c(C)c(C)c1[PH+](C)C.[I][V][I].[Ni]. The molecule has 3 nitrogen and oxygen atoms in total. The average Bonchev–Trinajstić information content (AvgIpc) is 2.58. The van der Waals surface area contributed by atoms with E-state index in [1.54, 1.807) is 0 Å². The summed E-state index contributed by atoms with van der Waals surface area (Å²) >= 11 is 4.74. The third kappa shape index (κ3) is 12.5. The third-order valence-corrected chi connectivity index (χ3v) is 6.94. The molecule has 1 aromatic rings. The summed E-state index contributed by atoms with van der Waals surface area (Å²) in [7, 11) is 0.0122. The predicted molar refractivity (Wildman–Crippen MR) is 140 cm³/mol. The summed E-state index contributed by atoms with van der Waals surface area (Å²) in [4.78, 5) is 0.449. The number of nitrogens with zero attached hydrogens (tertiary/aromatic N) is 1. The fourth-order valence-electron chi connectivity index (χ4n) is 2.29. The summed E-state index contributed by atoms with van der Waals surface area (Å²) in [5.41, 5.74) is 6.47. The van der Waals surface area contributed by atoms with E-state index in [9.17, 15) is 8.42 Å². The summed E-state index contributed by atoms with van der Waals surface area (Å²) < 4.78 is 28.0. The van der Waals surface area contributed by atoms with Crippen molar-refractivity contribution in [3.8, 4) is 0 Å². The van der Waals surface area contributed by atoms with Crippen LogP contribution < -0.4 is 5.30 Å². The molecule has 0 aliphatic rings. The van der Waals surface area contributed by atoms with Gasteiger partial charge in [-0.3, -0.25) is 0 Å². The van der Waals surface area contributed by atoms with E-state index in [-0.39, 0.29) is 16.5 Å². The topological polar surface area (TPSA) is 48.2 Å². The molecular formula is C17H31I2NNiO2P2SV. The number of sulfonamides is 1. The van der Waals surface area contributed by atoms with Crippen LogP contribution in [0.4, 0.5) is 0 Å². The van der Waals surface area contributed by atoms with E-state index in [1.807, 2.05) is 27.4 Å². The van der Waals surface area contributed by atoms with E-state index in [0.29, 0.717) is 14.4 Å². The van der Waals surface area contributed by atoms with E-state index in [2.05, 4.69) is 93.1 Å². The van der Waals surface area contributed by atoms with E-state index < -0.39 is 17.9 Å². The second-order valence-electron chi connectivity index (χ2n) is 5.18. The van der Waals surface area contributed by atoms with Crippen molar-refractivity contribution in [3.05, 3.63) is 45.9 Å². The maximum atomic E-state index is 12.2. The van der Waals surface area contributed by atoms with Crippen molar-refractivity contribution in [2.75, 3.05) is 27.0 Å². The third-order valence-electron chi connectivity index (χ3n) is 3.63. The van der Waals surface area contributed by atoms with Gasteiger partial charge in [0.1, 0.15) is 15.3 Å². The van der Waals surface area contributed by atoms with Crippen molar-refractivity contribution >= 4 is 72.4 Å². The fourth-order valence-corrected chi connectivity index (χ4v) is 6.01. The van der Waals surface area contributed by atoms with Gasteiger partial charge in [0.25, 0.3) is 0 Å². The first-order valence-corrected chi connectivity index (χ1v) is 21.6. The first-order chi connectivity index (χ1) is 12.0. The van der Waals surface area contributed by atoms with Gasteiger partial charge < -0.3 is 4.72 Å². The Morgan fingerprint density at radius 1 is 1.00 bits per heavy atom. The van der Waals surface area contributed by atoms with Gasteiger partial charge >= 0.3 is 49.4 Å². The molecule has 0 N–H and O–H groups in total. The first kappa shape index (κ1) is 36.4. The molecule has 0 aliphatic carbocycles. The number of hydrogen-bond donors (Lipinski definition) is 0. The van der Waals surface area contributed by atoms with Crippen LogP contribution in [0.5, 0.6) is 0 Å². The van der Waals surface area contributed by atoms with Crippen molar-refractivity contribution in [3.63, 3.8) is 0 Å². The Morgan fingerprint density at radius 2 is 1.30 bits per heavy atom. The number of halogens is 2. The minimum atomic E-state index is -3.52. The first-order valence-electron chi connectivity index (χ1n) is 7.54. The molecule has 10 heteroatoms. The van der Waals surface area contributed by atoms with Gasteiger partial charge in [-0.05, 0) is 49.9 Å². The second-order valence-corrected chi connectivity index (χ2v) is 21.2. The molecule has 27 heavy (non-hydrogen) atoms. The van der Waals surface area contributed by atoms with E-state index in [0.717, 1.165) is 22.0 Å². The normalized spacial score (nSPS) is 9.19. The number of rotatable bonds is 3. The summed E-state index contributed by atoms with van der Waals surface area (Å²) in [5.74, 6) is 0. The molecule has 1 unspecified atom stereocenters. The molecule has 0 heterocycles. The van der Waals surface area contributed by atoms with Crippen LogP contribution in [0, 0.1) is 27.7 Å². The smallest absolute Gasteiger partial charge is 0 e. The Kier molecular flexibility index (Phi) is 27.0. The van der Waals surface area contributed by atoms with Gasteiger partial charge in [0, 0.05) is 24.4 Å². The molecule has 0 amide bonds. The molecule has 0 saturated heterocycles. The quantitative estimate of drug-likeness (QED) is 0.167. The van der Waals surface area contributed by atoms with Crippen molar-refractivity contribution < 1.29 is 34.4 Å². The van der Waals surface area contributed by atoms with E-state index in [4.69, 9.17) is 0 Å². The minimum absolute atomic E-state index is 0. The van der Waals surface area contributed by atoms with Crippen LogP contribution in [0.25, 0.3) is 4.72 Å². The maximum Gasteiger partial charge on any atom is 0 e. The van der Waals surface area contributed by atoms with Crippen LogP contribution in [-0.4, -0.2) is 35.5 Å². The van der Waals surface area contributed by atoms with Crippen molar-refractivity contribution in [2.24, 2.45) is 0 Å². The molecule has 0 bridgehead atoms. The Hall–Kier alpha value is 2.05. The van der Waals surface area contributed by atoms with Crippen molar-refractivity contribution in [2.45, 2.75) is 32.6 Å². The molecule has 0 saturated carbocycles. The van der Waals surface area contributed by atoms with Gasteiger partial charge in [-0.2, -0.15) is 7.05 Å². The van der Waals surface area contributed by atoms with Crippen LogP contribution in [0.15, 0.2) is 23.8 Å². The minimum Gasteiger partial charge on any atom is 0 e. The van der Waals surface area contributed by atoms with E-state index in [1.165, 1.54) is 12.6 Å². The zero-order valence-corrected chi connectivity index (χ0v) is 26.9. The summed E-state index contributed by atoms with van der Waals surface area (Å²) in [6, 6.07) is 0. The van der Waals surface area contributed by atoms with Crippen LogP contribution in [-0.2, 0) is 36.0 Å². The standard InChI is InChI=1S/C13H21NO2PS.C3H4.CH5P.2HI.Ni.V/c1-8-9(2)11(4)13(18(15,16)14-5)12(10(8)3)17(6)7;1-3-2;1-2;;;;/h1-7H3;1-2H2;2H2,1H3;2*1H;;/q-1;;;;;;+2/p-1. The van der Waals surface area contributed by atoms with Crippen LogP contribution in [0.1, 0.15) is 22.3 Å². The maximum absolute atomic E-state index is 12.2. The summed E-state index contributed by atoms with van der Waals surface area (Å²) in [6.07, 6.45) is 0. The number of hydrogen-bond acceptors (Lipinski definition) is 2. The average molecular weight is 739 g/mol. The molecule has 0 aromatic heterocycles. The van der Waals surface area contributed by atoms with Crippen molar-refractivity contribution in [1.29, 1.82) is 0 Å². The zero-order valence-electron chi connectivity index (χ0n) is 17.2. The van der Waals surface area contributed by atoms with Crippen LogP contribution in [0.3, 0.4) is 0 Å². The monoisotopic (exact) mass is 738 g/mol. The molecule has 1 rings (SSSR count). The molecule has 0 radical (unpaired) electrons. The van der Waals surface area contributed by atoms with Gasteiger partial charge in [0.15, 0.2) is 0 Å². The van der Waals surface area contributed by atoms with Crippen molar-refractivity contribution in [1.82, 2.24) is 0 Å². The molecular weight excluding hydrogens is 708 g/mol. The Morgan fingerprint density at radius 3 is 1.56 bits per heavy atom. The molecule has 0 fully saturated rings. The Bertz CT molecular complexity index is 697. The van der Waals surface area contributed by atoms with Gasteiger partial charge in [-0.1, -0.05) is 19.8 Å². The van der Waals surface area contributed by atoms with Crippen LogP contribution >= 0.6 is 57.1 Å². The Labute approximate surface area is 209 Å². The van der Waals surface area contributed by atoms with Gasteiger partial charge in [-0.25, -0.2) is 8.42 Å². The summed E-state index contributed by atoms with van der Waals surface area (Å²) in [5, 5.41) is 1.01.